The number of carbonyl (C=O) groups excluding carboxylic acids is 1. The molecule has 9 heteroatoms. The number of hydrogen-bond acceptors (Lipinski definition) is 4. The van der Waals surface area contributed by atoms with Crippen molar-refractivity contribution in [3.05, 3.63) is 83.1 Å². The summed E-state index contributed by atoms with van der Waals surface area (Å²) in [6, 6.07) is 15.2. The van der Waals surface area contributed by atoms with Crippen LogP contribution in [0.15, 0.2) is 71.6 Å². The predicted molar refractivity (Wildman–Crippen MR) is 114 cm³/mol. The summed E-state index contributed by atoms with van der Waals surface area (Å²) < 4.78 is 45.6. The van der Waals surface area contributed by atoms with Crippen molar-refractivity contribution in [3.63, 3.8) is 0 Å². The average molecular weight is 449 g/mol. The largest absolute Gasteiger partial charge is 0.492 e. The fourth-order valence-corrected chi connectivity index (χ4v) is 3.82. The zero-order valence-corrected chi connectivity index (χ0v) is 17.4. The van der Waals surface area contributed by atoms with E-state index in [0.717, 1.165) is 12.1 Å². The maximum Gasteiger partial charge on any atom is 0.261 e. The number of amides is 1. The monoisotopic (exact) mass is 448 g/mol. The molecule has 3 rings (SSSR count). The second kappa shape index (κ2) is 9.15. The lowest BCUT2D eigenvalue weighted by Crippen LogP contribution is -2.14. The van der Waals surface area contributed by atoms with E-state index in [1.54, 1.807) is 18.2 Å². The molecule has 0 bridgehead atoms. The molecule has 0 saturated heterocycles. The summed E-state index contributed by atoms with van der Waals surface area (Å²) in [5.41, 5.74) is 0.992. The van der Waals surface area contributed by atoms with Crippen molar-refractivity contribution in [2.24, 2.45) is 0 Å². The Hall–Kier alpha value is -3.10. The second-order valence-electron chi connectivity index (χ2n) is 6.16. The Kier molecular flexibility index (Phi) is 6.59. The number of benzene rings is 3. The summed E-state index contributed by atoms with van der Waals surface area (Å²) in [5.74, 6) is -0.457. The third kappa shape index (κ3) is 5.28. The molecule has 0 aliphatic heterocycles. The van der Waals surface area contributed by atoms with Crippen LogP contribution in [-0.2, 0) is 10.0 Å². The molecule has 0 aliphatic carbocycles. The molecule has 0 aliphatic rings. The molecule has 0 heterocycles. The molecule has 0 unspecified atom stereocenters. The summed E-state index contributed by atoms with van der Waals surface area (Å²) in [7, 11) is -3.88. The first-order chi connectivity index (χ1) is 14.3. The molecular weight excluding hydrogens is 431 g/mol. The fourth-order valence-electron chi connectivity index (χ4n) is 2.59. The Balaban J connectivity index is 1.73. The topological polar surface area (TPSA) is 84.5 Å². The molecule has 0 radical (unpaired) electrons. The first-order valence-corrected chi connectivity index (χ1v) is 10.8. The lowest BCUT2D eigenvalue weighted by Gasteiger charge is -2.12. The highest BCUT2D eigenvalue weighted by molar-refractivity contribution is 7.92. The molecule has 156 valence electrons. The van der Waals surface area contributed by atoms with E-state index in [-0.39, 0.29) is 10.6 Å². The van der Waals surface area contributed by atoms with E-state index in [4.69, 9.17) is 16.3 Å². The van der Waals surface area contributed by atoms with E-state index in [2.05, 4.69) is 10.0 Å². The van der Waals surface area contributed by atoms with Gasteiger partial charge in [-0.05, 0) is 73.7 Å². The lowest BCUT2D eigenvalue weighted by molar-refractivity contribution is 0.102. The van der Waals surface area contributed by atoms with Crippen LogP contribution in [0.25, 0.3) is 0 Å². The van der Waals surface area contributed by atoms with Crippen LogP contribution < -0.4 is 14.8 Å². The van der Waals surface area contributed by atoms with Crippen molar-refractivity contribution in [1.29, 1.82) is 0 Å². The van der Waals surface area contributed by atoms with Gasteiger partial charge in [0.2, 0.25) is 0 Å². The highest BCUT2D eigenvalue weighted by Crippen LogP contribution is 2.28. The minimum absolute atomic E-state index is 0.0740. The molecule has 3 aromatic rings. The van der Waals surface area contributed by atoms with Crippen LogP contribution in [-0.4, -0.2) is 20.9 Å². The summed E-state index contributed by atoms with van der Waals surface area (Å²) in [5, 5.41) is 3.17. The lowest BCUT2D eigenvalue weighted by atomic mass is 10.2. The zero-order chi connectivity index (χ0) is 21.7. The molecule has 0 saturated carbocycles. The summed E-state index contributed by atoms with van der Waals surface area (Å²) in [4.78, 5) is 12.5. The van der Waals surface area contributed by atoms with E-state index in [0.29, 0.717) is 28.6 Å². The highest BCUT2D eigenvalue weighted by Gasteiger charge is 2.15. The minimum atomic E-state index is -3.88. The summed E-state index contributed by atoms with van der Waals surface area (Å²) in [6.07, 6.45) is 0. The summed E-state index contributed by atoms with van der Waals surface area (Å²) >= 11 is 6.00. The third-order valence-corrected chi connectivity index (χ3v) is 5.65. The number of nitrogens with one attached hydrogen (secondary N) is 2. The maximum absolute atomic E-state index is 13.0. The van der Waals surface area contributed by atoms with Crippen molar-refractivity contribution in [2.45, 2.75) is 11.8 Å². The standard InChI is InChI=1S/C21H18ClFN2O4S/c1-2-29-20-12-5-15(22)13-19(20)24-21(26)14-3-8-17(9-4-14)25-30(27,28)18-10-6-16(23)7-11-18/h3-13,25H,2H2,1H3,(H,24,26). The number of sulfonamides is 1. The Bertz CT molecular complexity index is 1150. The van der Waals surface area contributed by atoms with Crippen LogP contribution in [0.4, 0.5) is 15.8 Å². The van der Waals surface area contributed by atoms with Crippen LogP contribution in [0.2, 0.25) is 5.02 Å². The van der Waals surface area contributed by atoms with E-state index < -0.39 is 21.7 Å². The Morgan fingerprint density at radius 3 is 2.33 bits per heavy atom. The molecule has 30 heavy (non-hydrogen) atoms. The molecule has 0 aromatic heterocycles. The van der Waals surface area contributed by atoms with Crippen LogP contribution in [0.3, 0.4) is 0 Å². The molecule has 6 nitrogen and oxygen atoms in total. The van der Waals surface area contributed by atoms with Crippen molar-refractivity contribution >= 4 is 38.9 Å². The molecule has 0 atom stereocenters. The SMILES string of the molecule is CCOc1ccc(Cl)cc1NC(=O)c1ccc(NS(=O)(=O)c2ccc(F)cc2)cc1. The van der Waals surface area contributed by atoms with Gasteiger partial charge in [-0.1, -0.05) is 11.6 Å². The Morgan fingerprint density at radius 1 is 1.03 bits per heavy atom. The van der Waals surface area contributed by atoms with Gasteiger partial charge in [0.25, 0.3) is 15.9 Å². The quantitative estimate of drug-likeness (QED) is 0.536. The van der Waals surface area contributed by atoms with Crippen molar-refractivity contribution in [3.8, 4) is 5.75 Å². The normalized spacial score (nSPS) is 11.0. The first-order valence-electron chi connectivity index (χ1n) is 8.90. The maximum atomic E-state index is 13.0. The van der Waals surface area contributed by atoms with E-state index >= 15 is 0 Å². The third-order valence-electron chi connectivity index (χ3n) is 4.01. The van der Waals surface area contributed by atoms with Gasteiger partial charge in [-0.15, -0.1) is 0 Å². The van der Waals surface area contributed by atoms with Gasteiger partial charge in [-0.2, -0.15) is 0 Å². The number of anilines is 2. The van der Waals surface area contributed by atoms with Gasteiger partial charge in [0.1, 0.15) is 11.6 Å². The number of halogens is 2. The zero-order valence-electron chi connectivity index (χ0n) is 15.9. The molecular formula is C21H18ClFN2O4S. The van der Waals surface area contributed by atoms with E-state index in [1.165, 1.54) is 36.4 Å². The number of carbonyl (C=O) groups is 1. The first kappa shape index (κ1) is 21.6. The van der Waals surface area contributed by atoms with Gasteiger partial charge < -0.3 is 10.1 Å². The number of ether oxygens (including phenoxy) is 1. The number of hydrogen-bond donors (Lipinski definition) is 2. The average Bonchev–Trinajstić information content (AvgIpc) is 2.70. The van der Waals surface area contributed by atoms with Gasteiger partial charge in [0, 0.05) is 16.3 Å². The minimum Gasteiger partial charge on any atom is -0.492 e. The second-order valence-corrected chi connectivity index (χ2v) is 8.28. The Morgan fingerprint density at radius 2 is 1.70 bits per heavy atom. The molecule has 0 spiro atoms. The fraction of sp³-hybridized carbons (Fsp3) is 0.0952. The van der Waals surface area contributed by atoms with Crippen LogP contribution >= 0.6 is 11.6 Å². The van der Waals surface area contributed by atoms with Gasteiger partial charge in [0.05, 0.1) is 17.2 Å². The van der Waals surface area contributed by atoms with Gasteiger partial charge in [0.15, 0.2) is 0 Å². The molecule has 2 N–H and O–H groups in total. The van der Waals surface area contributed by atoms with Gasteiger partial charge in [-0.3, -0.25) is 9.52 Å². The smallest absolute Gasteiger partial charge is 0.261 e. The Labute approximate surface area is 178 Å². The van der Waals surface area contributed by atoms with Crippen molar-refractivity contribution in [2.75, 3.05) is 16.6 Å². The van der Waals surface area contributed by atoms with E-state index in [1.807, 2.05) is 6.92 Å². The molecule has 0 fully saturated rings. The van der Waals surface area contributed by atoms with Gasteiger partial charge >= 0.3 is 0 Å². The molecule has 1 amide bonds. The van der Waals surface area contributed by atoms with Crippen molar-refractivity contribution < 1.29 is 22.3 Å². The van der Waals surface area contributed by atoms with E-state index in [9.17, 15) is 17.6 Å². The highest BCUT2D eigenvalue weighted by atomic mass is 35.5. The van der Waals surface area contributed by atoms with Crippen LogP contribution in [0, 0.1) is 5.82 Å². The number of rotatable bonds is 7. The molecule has 3 aromatic carbocycles. The van der Waals surface area contributed by atoms with Crippen LogP contribution in [0.1, 0.15) is 17.3 Å². The van der Waals surface area contributed by atoms with Crippen molar-refractivity contribution in [1.82, 2.24) is 0 Å². The van der Waals surface area contributed by atoms with Gasteiger partial charge in [-0.25, -0.2) is 12.8 Å². The van der Waals surface area contributed by atoms with Crippen LogP contribution in [0.5, 0.6) is 5.75 Å². The predicted octanol–water partition coefficient (Wildman–Crippen LogP) is 4.93. The summed E-state index contributed by atoms with van der Waals surface area (Å²) in [6.45, 7) is 2.25.